The van der Waals surface area contributed by atoms with Crippen LogP contribution in [0.4, 0.5) is 0 Å². The highest BCUT2D eigenvalue weighted by atomic mass is 16.5. The molecule has 0 fully saturated rings. The summed E-state index contributed by atoms with van der Waals surface area (Å²) in [5.74, 6) is 0.905. The fourth-order valence-electron chi connectivity index (χ4n) is 1.59. The molecule has 0 radical (unpaired) electrons. The number of rotatable bonds is 2. The second kappa shape index (κ2) is 4.29. The van der Waals surface area contributed by atoms with Crippen molar-refractivity contribution in [3.63, 3.8) is 0 Å². The van der Waals surface area contributed by atoms with E-state index in [4.69, 9.17) is 4.52 Å². The maximum atomic E-state index is 11.0. The lowest BCUT2D eigenvalue weighted by atomic mass is 10.2. The predicted molar refractivity (Wildman–Crippen MR) is 65.8 cm³/mol. The molecule has 0 atom stereocenters. The molecule has 2 heterocycles. The third-order valence-corrected chi connectivity index (χ3v) is 2.49. The fraction of sp³-hybridized carbons (Fsp3) is 0. The van der Waals surface area contributed by atoms with Crippen LogP contribution >= 0.6 is 0 Å². The Morgan fingerprint density at radius 3 is 2.56 bits per heavy atom. The molecule has 3 aromatic rings. The van der Waals surface area contributed by atoms with Crippen LogP contribution in [0.25, 0.3) is 22.8 Å². The number of aromatic amines is 1. The van der Waals surface area contributed by atoms with Crippen LogP contribution in [0, 0.1) is 0 Å². The zero-order chi connectivity index (χ0) is 12.4. The summed E-state index contributed by atoms with van der Waals surface area (Å²) in [5, 5.41) is 3.88. The van der Waals surface area contributed by atoms with E-state index in [1.54, 1.807) is 12.3 Å². The van der Waals surface area contributed by atoms with Crippen molar-refractivity contribution in [2.24, 2.45) is 0 Å². The minimum Gasteiger partial charge on any atom is -0.334 e. The van der Waals surface area contributed by atoms with Crippen LogP contribution in [0.5, 0.6) is 0 Å². The first-order valence-corrected chi connectivity index (χ1v) is 5.41. The van der Waals surface area contributed by atoms with Gasteiger partial charge in [-0.3, -0.25) is 4.79 Å². The number of hydrogen-bond donors (Lipinski definition) is 1. The van der Waals surface area contributed by atoms with E-state index >= 15 is 0 Å². The zero-order valence-corrected chi connectivity index (χ0v) is 9.33. The Morgan fingerprint density at radius 2 is 1.83 bits per heavy atom. The molecule has 0 unspecified atom stereocenters. The number of nitrogens with one attached hydrogen (secondary N) is 1. The summed E-state index contributed by atoms with van der Waals surface area (Å²) in [6.07, 6.45) is 1.56. The van der Waals surface area contributed by atoms with Gasteiger partial charge in [0, 0.05) is 23.4 Å². The van der Waals surface area contributed by atoms with Crippen LogP contribution < -0.4 is 5.56 Å². The normalized spacial score (nSPS) is 10.4. The van der Waals surface area contributed by atoms with Crippen molar-refractivity contribution in [1.82, 2.24) is 15.1 Å². The highest BCUT2D eigenvalue weighted by Gasteiger charge is 2.09. The smallest absolute Gasteiger partial charge is 0.258 e. The summed E-state index contributed by atoms with van der Waals surface area (Å²) in [7, 11) is 0. The Hall–Kier alpha value is -2.69. The molecule has 0 spiro atoms. The van der Waals surface area contributed by atoms with Gasteiger partial charge in [-0.25, -0.2) is 0 Å². The summed E-state index contributed by atoms with van der Waals surface area (Å²) >= 11 is 0. The largest absolute Gasteiger partial charge is 0.334 e. The number of aromatic nitrogens is 3. The van der Waals surface area contributed by atoms with Crippen molar-refractivity contribution in [3.8, 4) is 22.8 Å². The molecule has 18 heavy (non-hydrogen) atoms. The highest BCUT2D eigenvalue weighted by molar-refractivity contribution is 5.58. The van der Waals surface area contributed by atoms with Gasteiger partial charge < -0.3 is 9.51 Å². The minimum atomic E-state index is -0.162. The molecule has 0 saturated carbocycles. The van der Waals surface area contributed by atoms with Crippen LogP contribution in [0.1, 0.15) is 0 Å². The molecule has 5 heteroatoms. The van der Waals surface area contributed by atoms with Gasteiger partial charge in [-0.05, 0) is 18.2 Å². The molecule has 0 saturated heterocycles. The highest BCUT2D eigenvalue weighted by Crippen LogP contribution is 2.20. The van der Waals surface area contributed by atoms with E-state index in [-0.39, 0.29) is 5.56 Å². The third kappa shape index (κ3) is 1.93. The van der Waals surface area contributed by atoms with Gasteiger partial charge in [-0.1, -0.05) is 23.4 Å². The first kappa shape index (κ1) is 10.5. The van der Waals surface area contributed by atoms with E-state index in [2.05, 4.69) is 15.1 Å². The number of nitrogens with zero attached hydrogens (tertiary/aromatic N) is 2. The van der Waals surface area contributed by atoms with E-state index in [1.165, 1.54) is 6.07 Å². The van der Waals surface area contributed by atoms with Gasteiger partial charge in [0.15, 0.2) is 0 Å². The molecular formula is C13H9N3O2. The third-order valence-electron chi connectivity index (χ3n) is 2.49. The Kier molecular flexibility index (Phi) is 2.49. The molecule has 1 aromatic carbocycles. The first-order valence-electron chi connectivity index (χ1n) is 5.41. The van der Waals surface area contributed by atoms with Crippen LogP contribution in [0.3, 0.4) is 0 Å². The maximum Gasteiger partial charge on any atom is 0.258 e. The second-order valence-electron chi connectivity index (χ2n) is 3.73. The maximum absolute atomic E-state index is 11.0. The van der Waals surface area contributed by atoms with Crippen molar-refractivity contribution in [2.45, 2.75) is 0 Å². The molecular weight excluding hydrogens is 230 g/mol. The Labute approximate surface area is 102 Å². The van der Waals surface area contributed by atoms with Gasteiger partial charge in [0.05, 0.1) is 0 Å². The van der Waals surface area contributed by atoms with Crippen LogP contribution in [-0.4, -0.2) is 15.1 Å². The van der Waals surface area contributed by atoms with Gasteiger partial charge >= 0.3 is 0 Å². The summed E-state index contributed by atoms with van der Waals surface area (Å²) in [5.41, 5.74) is 1.41. The molecule has 1 N–H and O–H groups in total. The number of benzene rings is 1. The van der Waals surface area contributed by atoms with Gasteiger partial charge in [-0.2, -0.15) is 4.98 Å². The zero-order valence-electron chi connectivity index (χ0n) is 9.33. The predicted octanol–water partition coefficient (Wildman–Crippen LogP) is 2.09. The standard InChI is InChI=1S/C13H9N3O2/c17-11-7-6-10(8-14-11)12-15-13(18-16-12)9-4-2-1-3-5-9/h1-8H,(H,14,17). The molecule has 2 aromatic heterocycles. The minimum absolute atomic E-state index is 0.162. The molecule has 3 rings (SSSR count). The van der Waals surface area contributed by atoms with Crippen molar-refractivity contribution < 1.29 is 4.52 Å². The van der Waals surface area contributed by atoms with Gasteiger partial charge in [-0.15, -0.1) is 0 Å². The number of pyridine rings is 1. The summed E-state index contributed by atoms with van der Waals surface area (Å²) in [6, 6.07) is 12.6. The van der Waals surface area contributed by atoms with E-state index < -0.39 is 0 Å². The van der Waals surface area contributed by atoms with Gasteiger partial charge in [0.1, 0.15) is 0 Å². The topological polar surface area (TPSA) is 71.8 Å². The lowest BCUT2D eigenvalue weighted by Crippen LogP contribution is -2.01. The van der Waals surface area contributed by atoms with E-state index in [9.17, 15) is 4.79 Å². The molecule has 0 amide bonds. The van der Waals surface area contributed by atoms with E-state index in [0.29, 0.717) is 17.3 Å². The summed E-state index contributed by atoms with van der Waals surface area (Å²) in [4.78, 5) is 17.8. The van der Waals surface area contributed by atoms with Gasteiger partial charge in [0.25, 0.3) is 5.89 Å². The molecule has 88 valence electrons. The molecule has 0 aliphatic heterocycles. The molecule has 0 aliphatic carbocycles. The number of H-pyrrole nitrogens is 1. The second-order valence-corrected chi connectivity index (χ2v) is 3.73. The van der Waals surface area contributed by atoms with Crippen molar-refractivity contribution >= 4 is 0 Å². The average molecular weight is 239 g/mol. The molecule has 0 aliphatic rings. The Balaban J connectivity index is 1.99. The molecule has 5 nitrogen and oxygen atoms in total. The van der Waals surface area contributed by atoms with E-state index in [1.807, 2.05) is 30.3 Å². The molecule has 0 bridgehead atoms. The summed E-state index contributed by atoms with van der Waals surface area (Å²) < 4.78 is 5.18. The number of hydrogen-bond acceptors (Lipinski definition) is 4. The summed E-state index contributed by atoms with van der Waals surface area (Å²) in [6.45, 7) is 0. The quantitative estimate of drug-likeness (QED) is 0.743. The average Bonchev–Trinajstić information content (AvgIpc) is 2.90. The fourth-order valence-corrected chi connectivity index (χ4v) is 1.59. The monoisotopic (exact) mass is 239 g/mol. The lowest BCUT2D eigenvalue weighted by molar-refractivity contribution is 0.432. The Morgan fingerprint density at radius 1 is 1.00 bits per heavy atom. The lowest BCUT2D eigenvalue weighted by Gasteiger charge is -1.91. The van der Waals surface area contributed by atoms with Crippen LogP contribution in [0.15, 0.2) is 58.0 Å². The van der Waals surface area contributed by atoms with Crippen molar-refractivity contribution in [1.29, 1.82) is 0 Å². The van der Waals surface area contributed by atoms with E-state index in [0.717, 1.165) is 5.56 Å². The van der Waals surface area contributed by atoms with Crippen molar-refractivity contribution in [2.75, 3.05) is 0 Å². The Bertz CT molecular complexity index is 696. The SMILES string of the molecule is O=c1ccc(-c2noc(-c3ccccc3)n2)c[nH]1. The van der Waals surface area contributed by atoms with Crippen LogP contribution in [0.2, 0.25) is 0 Å². The first-order chi connectivity index (χ1) is 8.83. The van der Waals surface area contributed by atoms with Gasteiger partial charge in [0.2, 0.25) is 11.4 Å². The van der Waals surface area contributed by atoms with Crippen LogP contribution in [-0.2, 0) is 0 Å². The van der Waals surface area contributed by atoms with Crippen molar-refractivity contribution in [3.05, 3.63) is 59.0 Å².